The SMILES string of the molecule is C1CCC(C2CCC(N(C3CCC(C4CCCCC4)CC3)C3CCCC4C3SC3C4C4CCCCC4C4OC5CCCCC5C43)CC2)CC1. The zero-order valence-corrected chi connectivity index (χ0v) is 32.4. The maximum atomic E-state index is 7.26. The summed E-state index contributed by atoms with van der Waals surface area (Å²) in [7, 11) is 0. The zero-order valence-electron chi connectivity index (χ0n) is 31.6. The van der Waals surface area contributed by atoms with E-state index in [1.807, 2.05) is 0 Å². The van der Waals surface area contributed by atoms with Crippen LogP contribution in [0.4, 0.5) is 0 Å². The Hall–Kier alpha value is 0.270. The molecule has 0 radical (unpaired) electrons. The van der Waals surface area contributed by atoms with Gasteiger partial charge in [0.1, 0.15) is 0 Å². The third kappa shape index (κ3) is 6.28. The number of hydrogen-bond donors (Lipinski definition) is 0. The minimum Gasteiger partial charge on any atom is -0.374 e. The molecule has 0 aromatic heterocycles. The van der Waals surface area contributed by atoms with E-state index in [-0.39, 0.29) is 0 Å². The molecule has 0 aromatic rings. The van der Waals surface area contributed by atoms with Crippen molar-refractivity contribution in [2.45, 2.75) is 227 Å². The van der Waals surface area contributed by atoms with Crippen molar-refractivity contribution in [1.29, 1.82) is 0 Å². The highest BCUT2D eigenvalue weighted by molar-refractivity contribution is 8.00. The highest BCUT2D eigenvalue weighted by Gasteiger charge is 2.65. The lowest BCUT2D eigenvalue weighted by Gasteiger charge is -2.53. The van der Waals surface area contributed by atoms with Crippen LogP contribution >= 0.6 is 11.8 Å². The molecule has 49 heavy (non-hydrogen) atoms. The van der Waals surface area contributed by atoms with Crippen molar-refractivity contribution < 1.29 is 4.74 Å². The van der Waals surface area contributed by atoms with Gasteiger partial charge < -0.3 is 4.74 Å². The molecule has 0 N–H and O–H groups in total. The fourth-order valence-corrected chi connectivity index (χ4v) is 18.9. The third-order valence-electron chi connectivity index (χ3n) is 18.5. The summed E-state index contributed by atoms with van der Waals surface area (Å²) >= 11 is 2.66. The van der Waals surface area contributed by atoms with Crippen LogP contribution in [0.15, 0.2) is 0 Å². The molecule has 2 aliphatic heterocycles. The van der Waals surface area contributed by atoms with E-state index in [1.165, 1.54) is 96.3 Å². The molecule has 8 aliphatic carbocycles. The summed E-state index contributed by atoms with van der Waals surface area (Å²) < 4.78 is 7.26. The number of thioether (sulfide) groups is 1. The summed E-state index contributed by atoms with van der Waals surface area (Å²) in [5, 5.41) is 1.86. The van der Waals surface area contributed by atoms with E-state index >= 15 is 0 Å². The summed E-state index contributed by atoms with van der Waals surface area (Å²) in [4.78, 5) is 3.43. The van der Waals surface area contributed by atoms with E-state index in [2.05, 4.69) is 16.7 Å². The Bertz CT molecular complexity index is 1040. The largest absolute Gasteiger partial charge is 0.374 e. The molecule has 0 amide bonds. The van der Waals surface area contributed by atoms with Crippen LogP contribution in [-0.2, 0) is 4.74 Å². The summed E-state index contributed by atoms with van der Waals surface area (Å²) in [6.45, 7) is 0. The Balaban J connectivity index is 0.920. The lowest BCUT2D eigenvalue weighted by Crippen LogP contribution is -2.57. The number of ether oxygens (including phenoxy) is 1. The van der Waals surface area contributed by atoms with Crippen molar-refractivity contribution >= 4 is 11.8 Å². The van der Waals surface area contributed by atoms with Crippen LogP contribution in [0.3, 0.4) is 0 Å². The second-order valence-corrected chi connectivity index (χ2v) is 21.8. The number of fused-ring (bicyclic) bond motifs is 10. The Labute approximate surface area is 306 Å². The van der Waals surface area contributed by atoms with E-state index in [4.69, 9.17) is 4.74 Å². The van der Waals surface area contributed by atoms with Crippen LogP contribution in [0.5, 0.6) is 0 Å². The van der Waals surface area contributed by atoms with Gasteiger partial charge in [-0.3, -0.25) is 4.90 Å². The average molecular weight is 690 g/mol. The summed E-state index contributed by atoms with van der Waals surface area (Å²) in [6, 6.07) is 2.68. The van der Waals surface area contributed by atoms with Gasteiger partial charge in [0.2, 0.25) is 0 Å². The molecule has 276 valence electrons. The van der Waals surface area contributed by atoms with Crippen LogP contribution < -0.4 is 0 Å². The molecule has 11 unspecified atom stereocenters. The number of rotatable bonds is 5. The first kappa shape index (κ1) is 33.8. The van der Waals surface area contributed by atoms with Gasteiger partial charge in [0.05, 0.1) is 12.2 Å². The van der Waals surface area contributed by atoms with Crippen molar-refractivity contribution in [3.63, 3.8) is 0 Å². The smallest absolute Gasteiger partial charge is 0.0652 e. The van der Waals surface area contributed by atoms with Gasteiger partial charge in [-0.25, -0.2) is 0 Å². The van der Waals surface area contributed by atoms with Crippen LogP contribution in [0, 0.1) is 59.2 Å². The molecule has 2 nitrogen and oxygen atoms in total. The van der Waals surface area contributed by atoms with E-state index in [0.29, 0.717) is 12.2 Å². The van der Waals surface area contributed by atoms with E-state index < -0.39 is 0 Å². The molecule has 2 heterocycles. The van der Waals surface area contributed by atoms with Crippen LogP contribution in [0.2, 0.25) is 0 Å². The highest BCUT2D eigenvalue weighted by atomic mass is 32.2. The first-order chi connectivity index (χ1) is 24.3. The Kier molecular flexibility index (Phi) is 10.2. The zero-order chi connectivity index (χ0) is 32.3. The lowest BCUT2D eigenvalue weighted by molar-refractivity contribution is -0.0817. The monoisotopic (exact) mass is 690 g/mol. The molecular weight excluding hydrogens is 615 g/mol. The van der Waals surface area contributed by atoms with E-state index in [0.717, 1.165) is 87.8 Å². The first-order valence-corrected chi connectivity index (χ1v) is 24.3. The molecule has 10 fully saturated rings. The summed E-state index contributed by atoms with van der Waals surface area (Å²) in [6.07, 6.45) is 45.6. The standard InChI is InChI=1S/C46H75NOS/c1-3-12-30(13-4-1)32-22-26-34(27-23-32)47(35-28-24-33(25-29-35)31-14-5-2-6-15-31)40-20-11-19-39-42-36-16-7-8-17-37(36)44-43(46(42)49-45(39)40)38-18-9-10-21-41(38)48-44/h30-46H,1-29H2. The Morgan fingerprint density at radius 1 is 0.367 bits per heavy atom. The minimum absolute atomic E-state index is 0.624. The second kappa shape index (κ2) is 14.8. The van der Waals surface area contributed by atoms with Gasteiger partial charge in [-0.05, 0) is 143 Å². The second-order valence-electron chi connectivity index (χ2n) is 20.5. The van der Waals surface area contributed by atoms with Gasteiger partial charge in [-0.15, -0.1) is 0 Å². The molecule has 3 heteroatoms. The Morgan fingerprint density at radius 2 is 0.878 bits per heavy atom. The maximum Gasteiger partial charge on any atom is 0.0652 e. The van der Waals surface area contributed by atoms with E-state index in [9.17, 15) is 0 Å². The van der Waals surface area contributed by atoms with Crippen molar-refractivity contribution in [1.82, 2.24) is 4.90 Å². The predicted octanol–water partition coefficient (Wildman–Crippen LogP) is 12.2. The van der Waals surface area contributed by atoms with Gasteiger partial charge in [-0.2, -0.15) is 11.8 Å². The minimum atomic E-state index is 0.624. The molecule has 0 aromatic carbocycles. The van der Waals surface area contributed by atoms with Crippen LogP contribution in [0.1, 0.15) is 186 Å². The highest BCUT2D eigenvalue weighted by Crippen LogP contribution is 2.66. The third-order valence-corrected chi connectivity index (χ3v) is 20.4. The molecule has 2 saturated heterocycles. The predicted molar refractivity (Wildman–Crippen MR) is 206 cm³/mol. The average Bonchev–Trinajstić information content (AvgIpc) is 3.76. The first-order valence-electron chi connectivity index (χ1n) is 23.4. The molecule has 0 spiro atoms. The number of nitrogens with zero attached hydrogens (tertiary/aromatic N) is 1. The topological polar surface area (TPSA) is 12.5 Å². The maximum absolute atomic E-state index is 7.26. The molecule has 11 atom stereocenters. The van der Waals surface area contributed by atoms with Gasteiger partial charge in [0, 0.05) is 34.5 Å². The quantitative estimate of drug-likeness (QED) is 0.285. The summed E-state index contributed by atoms with van der Waals surface area (Å²) in [5.41, 5.74) is 0. The van der Waals surface area contributed by atoms with Crippen molar-refractivity contribution in [2.75, 3.05) is 0 Å². The van der Waals surface area contributed by atoms with Crippen LogP contribution in [0.25, 0.3) is 0 Å². The molecule has 8 saturated carbocycles. The summed E-state index contributed by atoms with van der Waals surface area (Å²) in [5.74, 6) is 10.0. The van der Waals surface area contributed by atoms with Gasteiger partial charge in [-0.1, -0.05) is 96.3 Å². The fourth-order valence-electron chi connectivity index (χ4n) is 16.5. The Morgan fingerprint density at radius 3 is 1.51 bits per heavy atom. The van der Waals surface area contributed by atoms with Gasteiger partial charge in [0.25, 0.3) is 0 Å². The van der Waals surface area contributed by atoms with E-state index in [1.54, 1.807) is 89.9 Å². The molecule has 10 rings (SSSR count). The number of hydrogen-bond acceptors (Lipinski definition) is 3. The van der Waals surface area contributed by atoms with Gasteiger partial charge in [0.15, 0.2) is 0 Å². The normalized spacial score (nSPS) is 51.0. The van der Waals surface area contributed by atoms with Crippen molar-refractivity contribution in [3.05, 3.63) is 0 Å². The van der Waals surface area contributed by atoms with Gasteiger partial charge >= 0.3 is 0 Å². The van der Waals surface area contributed by atoms with Crippen molar-refractivity contribution in [3.8, 4) is 0 Å². The van der Waals surface area contributed by atoms with Crippen LogP contribution in [-0.4, -0.2) is 45.7 Å². The molecular formula is C46H75NOS. The molecule has 10 aliphatic rings. The lowest BCUT2D eigenvalue weighted by atomic mass is 9.54. The molecule has 0 bridgehead atoms. The fraction of sp³-hybridized carbons (Fsp3) is 1.00. The van der Waals surface area contributed by atoms with Crippen molar-refractivity contribution in [2.24, 2.45) is 59.2 Å².